The lowest BCUT2D eigenvalue weighted by atomic mass is 9.98. The molecule has 3 rings (SSSR count). The molecule has 2 aromatic rings. The summed E-state index contributed by atoms with van der Waals surface area (Å²) < 4.78 is 0. The monoisotopic (exact) mass is 373 g/mol. The zero-order chi connectivity index (χ0) is 17.5. The summed E-state index contributed by atoms with van der Waals surface area (Å²) in [5.41, 5.74) is 1.45. The molecule has 6 heteroatoms. The number of carbonyl (C=O) groups excluding carboxylic acids is 2. The maximum absolute atomic E-state index is 12.7. The third-order valence-corrected chi connectivity index (χ3v) is 4.38. The second-order valence-electron chi connectivity index (χ2n) is 6.09. The molecule has 1 saturated heterocycles. The lowest BCUT2D eigenvalue weighted by molar-refractivity contribution is 0.0936. The molecule has 0 unspecified atom stereocenters. The van der Waals surface area contributed by atoms with Gasteiger partial charge in [0.05, 0.1) is 5.56 Å². The minimum absolute atomic E-state index is 0. The Labute approximate surface area is 160 Å². The van der Waals surface area contributed by atoms with Crippen molar-refractivity contribution in [3.63, 3.8) is 0 Å². The van der Waals surface area contributed by atoms with Crippen LogP contribution in [0.5, 0.6) is 0 Å². The molecule has 0 saturated carbocycles. The molecule has 138 valence electrons. The molecule has 1 aliphatic heterocycles. The Hall–Kier alpha value is -2.21. The van der Waals surface area contributed by atoms with E-state index >= 15 is 0 Å². The van der Waals surface area contributed by atoms with E-state index in [-0.39, 0.29) is 24.1 Å². The summed E-state index contributed by atoms with van der Waals surface area (Å²) in [5, 5.41) is 6.25. The fraction of sp³-hybridized carbons (Fsp3) is 0.300. The molecule has 1 amide bonds. The highest BCUT2D eigenvalue weighted by Gasteiger charge is 2.18. The second-order valence-corrected chi connectivity index (χ2v) is 6.09. The zero-order valence-electron chi connectivity index (χ0n) is 14.6. The van der Waals surface area contributed by atoms with Gasteiger partial charge in [0.25, 0.3) is 5.91 Å². The van der Waals surface area contributed by atoms with Crippen molar-refractivity contribution in [3.05, 3.63) is 71.3 Å². The summed E-state index contributed by atoms with van der Waals surface area (Å²) >= 11 is 0. The molecule has 1 aliphatic rings. The van der Waals surface area contributed by atoms with E-state index in [1.807, 2.05) is 18.2 Å². The molecular formula is C20H24ClN3O2. The van der Waals surface area contributed by atoms with E-state index in [1.54, 1.807) is 36.4 Å². The van der Waals surface area contributed by atoms with E-state index in [4.69, 9.17) is 0 Å². The second kappa shape index (κ2) is 10.1. The van der Waals surface area contributed by atoms with Crippen molar-refractivity contribution in [2.24, 2.45) is 0 Å². The highest BCUT2D eigenvalue weighted by Crippen LogP contribution is 2.14. The molecule has 0 atom stereocenters. The topological polar surface area (TPSA) is 61.4 Å². The van der Waals surface area contributed by atoms with Crippen LogP contribution < -0.4 is 10.6 Å². The Kier molecular flexibility index (Phi) is 7.78. The van der Waals surface area contributed by atoms with Gasteiger partial charge >= 0.3 is 0 Å². The SMILES string of the molecule is Cl.O=C(NCCN1CCNCC1)c1ccccc1C(=O)c1ccccc1. The highest BCUT2D eigenvalue weighted by molar-refractivity contribution is 6.15. The van der Waals surface area contributed by atoms with E-state index in [1.165, 1.54) is 0 Å². The van der Waals surface area contributed by atoms with Crippen LogP contribution in [0.3, 0.4) is 0 Å². The predicted octanol–water partition coefficient (Wildman–Crippen LogP) is 1.97. The Morgan fingerprint density at radius 3 is 2.23 bits per heavy atom. The van der Waals surface area contributed by atoms with Gasteiger partial charge in [-0.2, -0.15) is 0 Å². The largest absolute Gasteiger partial charge is 0.351 e. The van der Waals surface area contributed by atoms with Gasteiger partial charge in [0, 0.05) is 50.4 Å². The predicted molar refractivity (Wildman–Crippen MR) is 105 cm³/mol. The first-order valence-corrected chi connectivity index (χ1v) is 8.66. The lowest BCUT2D eigenvalue weighted by Gasteiger charge is -2.27. The van der Waals surface area contributed by atoms with Crippen molar-refractivity contribution < 1.29 is 9.59 Å². The number of ketones is 1. The standard InChI is InChI=1S/C20H23N3O2.ClH/c24-19(16-6-2-1-3-7-16)17-8-4-5-9-18(17)20(25)22-12-15-23-13-10-21-11-14-23;/h1-9,21H,10-15H2,(H,22,25);1H. The van der Waals surface area contributed by atoms with Crippen molar-refractivity contribution in [1.29, 1.82) is 0 Å². The summed E-state index contributed by atoms with van der Waals surface area (Å²) in [6.45, 7) is 5.37. The van der Waals surface area contributed by atoms with E-state index in [2.05, 4.69) is 15.5 Å². The fourth-order valence-corrected chi connectivity index (χ4v) is 2.98. The van der Waals surface area contributed by atoms with Crippen LogP contribution in [0.1, 0.15) is 26.3 Å². The number of rotatable bonds is 6. The molecule has 26 heavy (non-hydrogen) atoms. The van der Waals surface area contributed by atoms with Gasteiger partial charge in [-0.25, -0.2) is 0 Å². The van der Waals surface area contributed by atoms with Crippen LogP contribution in [0, 0.1) is 0 Å². The van der Waals surface area contributed by atoms with Crippen molar-refractivity contribution >= 4 is 24.1 Å². The third kappa shape index (κ3) is 5.14. The number of nitrogens with one attached hydrogen (secondary N) is 2. The Bertz CT molecular complexity index is 731. The van der Waals surface area contributed by atoms with Gasteiger partial charge in [-0.15, -0.1) is 12.4 Å². The molecule has 2 N–H and O–H groups in total. The highest BCUT2D eigenvalue weighted by atomic mass is 35.5. The summed E-state index contributed by atoms with van der Waals surface area (Å²) in [7, 11) is 0. The van der Waals surface area contributed by atoms with E-state index in [9.17, 15) is 9.59 Å². The number of piperazine rings is 1. The normalized spacial score (nSPS) is 14.3. The van der Waals surface area contributed by atoms with Crippen molar-refractivity contribution in [2.45, 2.75) is 0 Å². The number of benzene rings is 2. The van der Waals surface area contributed by atoms with Crippen molar-refractivity contribution in [3.8, 4) is 0 Å². The molecule has 0 spiro atoms. The van der Waals surface area contributed by atoms with Crippen LogP contribution in [0.4, 0.5) is 0 Å². The first kappa shape index (κ1) is 20.1. The van der Waals surface area contributed by atoms with Gasteiger partial charge in [0.2, 0.25) is 0 Å². The van der Waals surface area contributed by atoms with Gasteiger partial charge in [0.1, 0.15) is 0 Å². The summed E-state index contributed by atoms with van der Waals surface area (Å²) in [5.74, 6) is -0.330. The van der Waals surface area contributed by atoms with Gasteiger partial charge in [-0.1, -0.05) is 48.5 Å². The van der Waals surface area contributed by atoms with Gasteiger partial charge in [0.15, 0.2) is 5.78 Å². The number of hydrogen-bond donors (Lipinski definition) is 2. The molecule has 1 heterocycles. The molecule has 0 aromatic heterocycles. The molecule has 1 fully saturated rings. The Morgan fingerprint density at radius 2 is 1.54 bits per heavy atom. The average Bonchev–Trinajstić information content (AvgIpc) is 2.69. The fourth-order valence-electron chi connectivity index (χ4n) is 2.98. The molecule has 2 aromatic carbocycles. The van der Waals surface area contributed by atoms with Crippen LogP contribution in [-0.2, 0) is 0 Å². The van der Waals surface area contributed by atoms with E-state index < -0.39 is 0 Å². The average molecular weight is 374 g/mol. The number of amides is 1. The first-order chi connectivity index (χ1) is 12.3. The van der Waals surface area contributed by atoms with Gasteiger partial charge in [-0.3, -0.25) is 14.5 Å². The first-order valence-electron chi connectivity index (χ1n) is 8.66. The maximum atomic E-state index is 12.7. The van der Waals surface area contributed by atoms with Crippen LogP contribution in [-0.4, -0.2) is 55.9 Å². The van der Waals surface area contributed by atoms with Crippen LogP contribution in [0.2, 0.25) is 0 Å². The summed E-state index contributed by atoms with van der Waals surface area (Å²) in [6.07, 6.45) is 0. The van der Waals surface area contributed by atoms with Crippen molar-refractivity contribution in [2.75, 3.05) is 39.3 Å². The van der Waals surface area contributed by atoms with Crippen LogP contribution in [0.15, 0.2) is 54.6 Å². The number of hydrogen-bond acceptors (Lipinski definition) is 4. The minimum atomic E-state index is -0.199. The molecular weight excluding hydrogens is 350 g/mol. The Morgan fingerprint density at radius 1 is 0.923 bits per heavy atom. The minimum Gasteiger partial charge on any atom is -0.351 e. The van der Waals surface area contributed by atoms with Gasteiger partial charge < -0.3 is 10.6 Å². The van der Waals surface area contributed by atoms with Crippen LogP contribution in [0.25, 0.3) is 0 Å². The van der Waals surface area contributed by atoms with E-state index in [0.717, 1.165) is 32.7 Å². The van der Waals surface area contributed by atoms with Crippen LogP contribution >= 0.6 is 12.4 Å². The van der Waals surface area contributed by atoms with E-state index in [0.29, 0.717) is 23.2 Å². The molecule has 0 radical (unpaired) electrons. The number of halogens is 1. The molecule has 0 bridgehead atoms. The maximum Gasteiger partial charge on any atom is 0.252 e. The zero-order valence-corrected chi connectivity index (χ0v) is 15.4. The third-order valence-electron chi connectivity index (χ3n) is 4.38. The summed E-state index contributed by atoms with van der Waals surface area (Å²) in [6, 6.07) is 16.0. The smallest absolute Gasteiger partial charge is 0.252 e. The van der Waals surface area contributed by atoms with Crippen molar-refractivity contribution in [1.82, 2.24) is 15.5 Å². The quantitative estimate of drug-likeness (QED) is 0.760. The number of nitrogens with zero attached hydrogens (tertiary/aromatic N) is 1. The molecule has 0 aliphatic carbocycles. The molecule has 5 nitrogen and oxygen atoms in total. The van der Waals surface area contributed by atoms with Gasteiger partial charge in [-0.05, 0) is 6.07 Å². The Balaban J connectivity index is 0.00000243. The number of carbonyl (C=O) groups is 2. The summed E-state index contributed by atoms with van der Waals surface area (Å²) in [4.78, 5) is 27.6. The lowest BCUT2D eigenvalue weighted by Crippen LogP contribution is -2.46.